The molecule has 0 radical (unpaired) electrons. The maximum Gasteiger partial charge on any atom is 0.241 e. The summed E-state index contributed by atoms with van der Waals surface area (Å²) in [7, 11) is -0.781. The van der Waals surface area contributed by atoms with E-state index < -0.39 is 15.9 Å². The lowest BCUT2D eigenvalue weighted by atomic mass is 10.3. The van der Waals surface area contributed by atoms with Crippen LogP contribution in [0.25, 0.3) is 0 Å². The van der Waals surface area contributed by atoms with Crippen LogP contribution >= 0.6 is 11.6 Å². The number of ether oxygens (including phenoxy) is 2. The van der Waals surface area contributed by atoms with E-state index in [1.54, 1.807) is 19.1 Å². The van der Waals surface area contributed by atoms with Gasteiger partial charge in [0, 0.05) is 18.2 Å². The van der Waals surface area contributed by atoms with Crippen LogP contribution in [0.1, 0.15) is 6.92 Å². The van der Waals surface area contributed by atoms with Gasteiger partial charge >= 0.3 is 0 Å². The fourth-order valence-electron chi connectivity index (χ4n) is 1.98. The molecule has 0 aliphatic carbocycles. The number of hydrogen-bond acceptors (Lipinski definition) is 5. The Hall–Kier alpha value is -1.51. The zero-order chi connectivity index (χ0) is 17.6. The van der Waals surface area contributed by atoms with Crippen LogP contribution in [0.4, 0.5) is 5.69 Å². The Morgan fingerprint density at radius 3 is 2.57 bits per heavy atom. The van der Waals surface area contributed by atoms with Crippen molar-refractivity contribution in [2.45, 2.75) is 13.0 Å². The summed E-state index contributed by atoms with van der Waals surface area (Å²) in [5.74, 6) is -0.153. The van der Waals surface area contributed by atoms with Crippen LogP contribution in [0, 0.1) is 0 Å². The van der Waals surface area contributed by atoms with Crippen LogP contribution < -0.4 is 14.4 Å². The minimum atomic E-state index is -3.71. The third-order valence-corrected chi connectivity index (χ3v) is 4.28. The molecular weight excluding hydrogens is 344 g/mol. The minimum absolute atomic E-state index is 0.206. The standard InChI is InChI=1S/C14H21ClN2O5S/c1-10(9-21-2)16-14(18)8-17(23(4,19)20)12-7-11(15)5-6-13(12)22-3/h5-7,10H,8-9H2,1-4H3,(H,16,18)/t10-/m1/s1. The minimum Gasteiger partial charge on any atom is -0.495 e. The van der Waals surface area contributed by atoms with Crippen LogP contribution in [0.2, 0.25) is 5.02 Å². The van der Waals surface area contributed by atoms with Gasteiger partial charge in [0.15, 0.2) is 0 Å². The third-order valence-electron chi connectivity index (χ3n) is 2.92. The molecule has 0 aliphatic heterocycles. The topological polar surface area (TPSA) is 84.9 Å². The molecule has 0 fully saturated rings. The van der Waals surface area contributed by atoms with Crippen LogP contribution in [0.15, 0.2) is 18.2 Å². The summed E-state index contributed by atoms with van der Waals surface area (Å²) in [6.45, 7) is 1.70. The van der Waals surface area contributed by atoms with Crippen molar-refractivity contribution in [2.75, 3.05) is 37.9 Å². The van der Waals surface area contributed by atoms with E-state index in [1.165, 1.54) is 20.3 Å². The number of carbonyl (C=O) groups is 1. The van der Waals surface area contributed by atoms with E-state index in [0.717, 1.165) is 10.6 Å². The Morgan fingerprint density at radius 1 is 1.39 bits per heavy atom. The molecule has 1 aromatic rings. The number of rotatable bonds is 8. The molecule has 1 amide bonds. The molecule has 23 heavy (non-hydrogen) atoms. The number of nitrogens with one attached hydrogen (secondary N) is 1. The molecule has 130 valence electrons. The van der Waals surface area contributed by atoms with Crippen LogP contribution in [-0.4, -0.2) is 54.0 Å². The molecule has 1 atom stereocenters. The van der Waals surface area contributed by atoms with Gasteiger partial charge in [0.25, 0.3) is 0 Å². The molecule has 0 spiro atoms. The maximum atomic E-state index is 12.1. The maximum absolute atomic E-state index is 12.1. The van der Waals surface area contributed by atoms with Crippen molar-refractivity contribution in [1.29, 1.82) is 0 Å². The van der Waals surface area contributed by atoms with Gasteiger partial charge in [-0.05, 0) is 25.1 Å². The van der Waals surface area contributed by atoms with E-state index in [4.69, 9.17) is 21.1 Å². The number of benzene rings is 1. The molecule has 1 rings (SSSR count). The first kappa shape index (κ1) is 19.5. The molecule has 1 N–H and O–H groups in total. The Kier molecular flexibility index (Phi) is 7.11. The summed E-state index contributed by atoms with van der Waals surface area (Å²) in [6.07, 6.45) is 1.01. The molecule has 0 unspecified atom stereocenters. The predicted octanol–water partition coefficient (Wildman–Crippen LogP) is 1.27. The van der Waals surface area contributed by atoms with E-state index in [9.17, 15) is 13.2 Å². The highest BCUT2D eigenvalue weighted by atomic mass is 35.5. The second-order valence-corrected chi connectivity index (χ2v) is 7.35. The number of hydrogen-bond donors (Lipinski definition) is 1. The molecule has 9 heteroatoms. The first-order chi connectivity index (χ1) is 10.7. The van der Waals surface area contributed by atoms with Crippen molar-refractivity contribution in [2.24, 2.45) is 0 Å². The quantitative estimate of drug-likeness (QED) is 0.750. The second kappa shape index (κ2) is 8.37. The third kappa shape index (κ3) is 5.89. The smallest absolute Gasteiger partial charge is 0.241 e. The normalized spacial score (nSPS) is 12.6. The van der Waals surface area contributed by atoms with Crippen molar-refractivity contribution >= 4 is 33.2 Å². The summed E-state index contributed by atoms with van der Waals surface area (Å²) in [5, 5.41) is 3.00. The van der Waals surface area contributed by atoms with Crippen LogP contribution in [0.5, 0.6) is 5.75 Å². The van der Waals surface area contributed by atoms with Gasteiger partial charge in [0.2, 0.25) is 15.9 Å². The highest BCUT2D eigenvalue weighted by molar-refractivity contribution is 7.92. The van der Waals surface area contributed by atoms with E-state index in [1.807, 2.05) is 0 Å². The Morgan fingerprint density at radius 2 is 2.04 bits per heavy atom. The first-order valence-electron chi connectivity index (χ1n) is 6.78. The van der Waals surface area contributed by atoms with Gasteiger partial charge in [-0.3, -0.25) is 9.10 Å². The van der Waals surface area contributed by atoms with E-state index in [2.05, 4.69) is 5.32 Å². The van der Waals surface area contributed by atoms with Gasteiger partial charge in [-0.25, -0.2) is 8.42 Å². The SMILES string of the molecule is COC[C@@H](C)NC(=O)CN(c1cc(Cl)ccc1OC)S(C)(=O)=O. The summed E-state index contributed by atoms with van der Waals surface area (Å²) in [6, 6.07) is 4.31. The number of methoxy groups -OCH3 is 2. The lowest BCUT2D eigenvalue weighted by Crippen LogP contribution is -2.44. The average molecular weight is 365 g/mol. The van der Waals surface area contributed by atoms with E-state index in [0.29, 0.717) is 17.4 Å². The van der Waals surface area contributed by atoms with E-state index >= 15 is 0 Å². The zero-order valence-electron chi connectivity index (χ0n) is 13.5. The van der Waals surface area contributed by atoms with Crippen LogP contribution in [0.3, 0.4) is 0 Å². The summed E-state index contributed by atoms with van der Waals surface area (Å²) >= 11 is 5.94. The fraction of sp³-hybridized carbons (Fsp3) is 0.500. The zero-order valence-corrected chi connectivity index (χ0v) is 15.1. The van der Waals surface area contributed by atoms with Crippen molar-refractivity contribution < 1.29 is 22.7 Å². The second-order valence-electron chi connectivity index (χ2n) is 5.01. The molecule has 0 aliphatic rings. The molecular formula is C14H21ClN2O5S. The molecule has 1 aromatic carbocycles. The monoisotopic (exact) mass is 364 g/mol. The number of carbonyl (C=O) groups excluding carboxylic acids is 1. The van der Waals surface area contributed by atoms with Crippen molar-refractivity contribution in [3.63, 3.8) is 0 Å². The largest absolute Gasteiger partial charge is 0.495 e. The summed E-state index contributed by atoms with van der Waals surface area (Å²) < 4.78 is 35.2. The van der Waals surface area contributed by atoms with Crippen molar-refractivity contribution in [1.82, 2.24) is 5.32 Å². The fourth-order valence-corrected chi connectivity index (χ4v) is 3.00. The molecule has 0 bridgehead atoms. The van der Waals surface area contributed by atoms with Gasteiger partial charge in [-0.1, -0.05) is 11.6 Å². The molecule has 0 aromatic heterocycles. The average Bonchev–Trinajstić information content (AvgIpc) is 2.43. The Balaban J connectivity index is 3.08. The highest BCUT2D eigenvalue weighted by Gasteiger charge is 2.24. The molecule has 0 heterocycles. The van der Waals surface area contributed by atoms with Gasteiger partial charge in [-0.15, -0.1) is 0 Å². The lowest BCUT2D eigenvalue weighted by molar-refractivity contribution is -0.120. The molecule has 0 saturated heterocycles. The molecule has 7 nitrogen and oxygen atoms in total. The summed E-state index contributed by atoms with van der Waals surface area (Å²) in [5.41, 5.74) is 0.206. The molecule has 0 saturated carbocycles. The predicted molar refractivity (Wildman–Crippen MR) is 89.7 cm³/mol. The van der Waals surface area contributed by atoms with Crippen molar-refractivity contribution in [3.05, 3.63) is 23.2 Å². The van der Waals surface area contributed by atoms with Crippen molar-refractivity contribution in [3.8, 4) is 5.75 Å². The van der Waals surface area contributed by atoms with Gasteiger partial charge in [-0.2, -0.15) is 0 Å². The number of anilines is 1. The number of amides is 1. The number of halogens is 1. The van der Waals surface area contributed by atoms with E-state index in [-0.39, 0.29) is 18.3 Å². The highest BCUT2D eigenvalue weighted by Crippen LogP contribution is 2.32. The van der Waals surface area contributed by atoms with Gasteiger partial charge < -0.3 is 14.8 Å². The number of nitrogens with zero attached hydrogens (tertiary/aromatic N) is 1. The summed E-state index contributed by atoms with van der Waals surface area (Å²) in [4.78, 5) is 12.1. The van der Waals surface area contributed by atoms with Gasteiger partial charge in [0.1, 0.15) is 12.3 Å². The van der Waals surface area contributed by atoms with Crippen LogP contribution in [-0.2, 0) is 19.6 Å². The first-order valence-corrected chi connectivity index (χ1v) is 9.01. The number of sulfonamides is 1. The lowest BCUT2D eigenvalue weighted by Gasteiger charge is -2.24. The van der Waals surface area contributed by atoms with Gasteiger partial charge in [0.05, 0.1) is 25.7 Å². The Bertz CT molecular complexity index is 651. The Labute approximate surface area is 141 Å².